The lowest BCUT2D eigenvalue weighted by Gasteiger charge is -2.27. The minimum Gasteiger partial charge on any atom is -0.465 e. The molecular weight excluding hydrogens is 400 g/mol. The van der Waals surface area contributed by atoms with Gasteiger partial charge < -0.3 is 19.1 Å². The maximum Gasteiger partial charge on any atom is 0.414 e. The Morgan fingerprint density at radius 1 is 0.968 bits per heavy atom. The van der Waals surface area contributed by atoms with Crippen LogP contribution in [-0.2, 0) is 30.2 Å². The van der Waals surface area contributed by atoms with E-state index in [0.29, 0.717) is 24.3 Å². The number of esters is 2. The van der Waals surface area contributed by atoms with Crippen LogP contribution in [0.1, 0.15) is 26.3 Å². The molecule has 164 valence electrons. The van der Waals surface area contributed by atoms with E-state index in [-0.39, 0.29) is 11.3 Å². The van der Waals surface area contributed by atoms with Crippen LogP contribution in [-0.4, -0.2) is 44.4 Å². The number of hydrogen-bond donors (Lipinski definition) is 0. The average molecular weight is 426 g/mol. The lowest BCUT2D eigenvalue weighted by Crippen LogP contribution is -2.35. The number of allylic oxidation sites excluding steroid dienone is 2. The molecule has 0 bridgehead atoms. The number of methoxy groups -OCH3 is 2. The summed E-state index contributed by atoms with van der Waals surface area (Å²) in [7, 11) is 2.50. The Morgan fingerprint density at radius 2 is 1.65 bits per heavy atom. The summed E-state index contributed by atoms with van der Waals surface area (Å²) >= 11 is 0. The van der Waals surface area contributed by atoms with Crippen molar-refractivity contribution in [2.45, 2.75) is 32.8 Å². The minimum absolute atomic E-state index is 0.0310. The van der Waals surface area contributed by atoms with Crippen LogP contribution in [0.15, 0.2) is 53.9 Å². The predicted octanol–water partition coefficient (Wildman–Crippen LogP) is 3.47. The van der Waals surface area contributed by atoms with E-state index >= 15 is 0 Å². The van der Waals surface area contributed by atoms with Crippen LogP contribution < -0.4 is 9.80 Å². The molecule has 0 radical (unpaired) electrons. The van der Waals surface area contributed by atoms with Gasteiger partial charge in [0.1, 0.15) is 11.3 Å². The van der Waals surface area contributed by atoms with Gasteiger partial charge in [-0.15, -0.1) is 0 Å². The molecule has 0 aromatic heterocycles. The van der Waals surface area contributed by atoms with E-state index in [2.05, 4.69) is 0 Å². The molecule has 1 amide bonds. The van der Waals surface area contributed by atoms with Gasteiger partial charge in [0.25, 0.3) is 0 Å². The number of anilines is 2. The Bertz CT molecular complexity index is 1000. The molecule has 0 saturated carbocycles. The zero-order chi connectivity index (χ0) is 22.8. The van der Waals surface area contributed by atoms with Gasteiger partial charge in [0, 0.05) is 18.3 Å². The summed E-state index contributed by atoms with van der Waals surface area (Å²) in [6, 6.07) is 5.44. The second-order valence-electron chi connectivity index (χ2n) is 7.97. The lowest BCUT2D eigenvalue weighted by atomic mass is 10.1. The summed E-state index contributed by atoms with van der Waals surface area (Å²) in [6.07, 6.45) is 6.65. The highest BCUT2D eigenvalue weighted by Crippen LogP contribution is 2.39. The van der Waals surface area contributed by atoms with Crippen molar-refractivity contribution in [1.29, 1.82) is 0 Å². The summed E-state index contributed by atoms with van der Waals surface area (Å²) < 4.78 is 15.3. The third kappa shape index (κ3) is 4.47. The Balaban J connectivity index is 2.10. The van der Waals surface area contributed by atoms with Crippen LogP contribution >= 0.6 is 0 Å². The number of carbonyl (C=O) groups excluding carboxylic acids is 3. The van der Waals surface area contributed by atoms with Crippen molar-refractivity contribution in [1.82, 2.24) is 0 Å². The Hall–Kier alpha value is -3.55. The molecule has 31 heavy (non-hydrogen) atoms. The van der Waals surface area contributed by atoms with Crippen molar-refractivity contribution < 1.29 is 28.6 Å². The first-order valence-electron chi connectivity index (χ1n) is 9.85. The van der Waals surface area contributed by atoms with E-state index in [1.165, 1.54) is 20.3 Å². The van der Waals surface area contributed by atoms with Crippen molar-refractivity contribution in [3.63, 3.8) is 0 Å². The smallest absolute Gasteiger partial charge is 0.414 e. The minimum atomic E-state index is -0.684. The van der Waals surface area contributed by atoms with Gasteiger partial charge in [-0.1, -0.05) is 12.1 Å². The van der Waals surface area contributed by atoms with Gasteiger partial charge in [0.2, 0.25) is 0 Å². The third-order valence-electron chi connectivity index (χ3n) is 4.77. The number of hydrogen-bond acceptors (Lipinski definition) is 7. The molecule has 2 aliphatic rings. The second kappa shape index (κ2) is 8.67. The van der Waals surface area contributed by atoms with Crippen LogP contribution in [0, 0.1) is 0 Å². The van der Waals surface area contributed by atoms with Gasteiger partial charge >= 0.3 is 18.0 Å². The Labute approximate surface area is 181 Å². The normalized spacial score (nSPS) is 15.5. The second-order valence-corrected chi connectivity index (χ2v) is 7.97. The first-order chi connectivity index (χ1) is 14.7. The monoisotopic (exact) mass is 426 g/mol. The maximum absolute atomic E-state index is 12.7. The van der Waals surface area contributed by atoms with Gasteiger partial charge in [-0.05, 0) is 51.5 Å². The Morgan fingerprint density at radius 3 is 2.29 bits per heavy atom. The molecule has 0 spiro atoms. The fraction of sp³-hybridized carbons (Fsp3) is 0.348. The summed E-state index contributed by atoms with van der Waals surface area (Å²) in [5.41, 5.74) is 1.69. The topological polar surface area (TPSA) is 85.4 Å². The van der Waals surface area contributed by atoms with E-state index in [4.69, 9.17) is 14.2 Å². The third-order valence-corrected chi connectivity index (χ3v) is 4.77. The van der Waals surface area contributed by atoms with Crippen molar-refractivity contribution in [2.24, 2.45) is 0 Å². The number of carbonyl (C=O) groups is 3. The van der Waals surface area contributed by atoms with Crippen LogP contribution in [0.5, 0.6) is 0 Å². The molecule has 3 rings (SSSR count). The van der Waals surface area contributed by atoms with Crippen molar-refractivity contribution in [2.75, 3.05) is 30.6 Å². The largest absolute Gasteiger partial charge is 0.465 e. The number of fused-ring (bicyclic) bond motifs is 1. The Kier molecular flexibility index (Phi) is 6.19. The molecule has 0 N–H and O–H groups in total. The summed E-state index contributed by atoms with van der Waals surface area (Å²) in [4.78, 5) is 40.9. The van der Waals surface area contributed by atoms with Crippen LogP contribution in [0.4, 0.5) is 16.2 Å². The van der Waals surface area contributed by atoms with Crippen LogP contribution in [0.3, 0.4) is 0 Å². The van der Waals surface area contributed by atoms with Gasteiger partial charge in [-0.25, -0.2) is 14.4 Å². The molecule has 8 heteroatoms. The molecule has 2 heterocycles. The highest BCUT2D eigenvalue weighted by molar-refractivity contribution is 6.06. The zero-order valence-corrected chi connectivity index (χ0v) is 18.3. The van der Waals surface area contributed by atoms with Crippen molar-refractivity contribution in [3.05, 3.63) is 59.5 Å². The quantitative estimate of drug-likeness (QED) is 0.540. The zero-order valence-electron chi connectivity index (χ0n) is 18.3. The number of nitrogens with zero attached hydrogens (tertiary/aromatic N) is 2. The molecule has 2 aliphatic heterocycles. The van der Waals surface area contributed by atoms with E-state index < -0.39 is 23.6 Å². The number of ether oxygens (including phenoxy) is 3. The molecule has 0 fully saturated rings. The van der Waals surface area contributed by atoms with Gasteiger partial charge in [-0.2, -0.15) is 0 Å². The average Bonchev–Trinajstić information content (AvgIpc) is 3.04. The van der Waals surface area contributed by atoms with Crippen molar-refractivity contribution >= 4 is 29.4 Å². The van der Waals surface area contributed by atoms with E-state index in [0.717, 1.165) is 5.56 Å². The molecule has 1 aromatic rings. The maximum atomic E-state index is 12.7. The molecule has 0 unspecified atom stereocenters. The molecule has 0 atom stereocenters. The fourth-order valence-electron chi connectivity index (χ4n) is 3.50. The lowest BCUT2D eigenvalue weighted by molar-refractivity contribution is -0.139. The van der Waals surface area contributed by atoms with Crippen LogP contribution in [0.25, 0.3) is 0 Å². The van der Waals surface area contributed by atoms with E-state index in [9.17, 15) is 14.4 Å². The first kappa shape index (κ1) is 22.1. The summed E-state index contributed by atoms with van der Waals surface area (Å²) in [5, 5.41) is 0. The summed E-state index contributed by atoms with van der Waals surface area (Å²) in [6.45, 7) is 5.89. The molecule has 1 aromatic carbocycles. The number of benzene rings is 1. The molecular formula is C23H26N2O6. The van der Waals surface area contributed by atoms with E-state index in [1.807, 2.05) is 32.9 Å². The number of rotatable bonds is 3. The highest BCUT2D eigenvalue weighted by atomic mass is 16.6. The van der Waals surface area contributed by atoms with Gasteiger partial charge in [-0.3, -0.25) is 4.90 Å². The molecule has 8 nitrogen and oxygen atoms in total. The first-order valence-corrected chi connectivity index (χ1v) is 9.85. The van der Waals surface area contributed by atoms with Gasteiger partial charge in [0.05, 0.1) is 31.2 Å². The SMILES string of the molecule is COC(=O)C1=C(C(=O)OC)N(c2cccc3c2CCN3C(=O)OC(C)(C)C)C=CC=C1. The van der Waals surface area contributed by atoms with E-state index in [1.54, 1.807) is 34.2 Å². The van der Waals surface area contributed by atoms with Crippen molar-refractivity contribution in [3.8, 4) is 0 Å². The van der Waals surface area contributed by atoms with Crippen LogP contribution in [0.2, 0.25) is 0 Å². The molecule has 0 saturated heterocycles. The fourth-order valence-corrected chi connectivity index (χ4v) is 3.50. The standard InChI is InChI=1S/C23H26N2O6/c1-23(2,3)31-22(28)25-14-12-15-17(10-8-11-18(15)25)24-13-7-6-9-16(20(26)29-4)19(24)21(27)30-5/h6-11,13H,12,14H2,1-5H3. The van der Waals surface area contributed by atoms with Gasteiger partial charge in [0.15, 0.2) is 0 Å². The molecule has 0 aliphatic carbocycles. The number of amides is 1. The predicted molar refractivity (Wildman–Crippen MR) is 116 cm³/mol. The summed E-state index contributed by atoms with van der Waals surface area (Å²) in [5.74, 6) is -1.34. The highest BCUT2D eigenvalue weighted by Gasteiger charge is 2.34.